The Bertz CT molecular complexity index is 1430. The summed E-state index contributed by atoms with van der Waals surface area (Å²) in [6, 6.07) is 10.5. The zero-order chi connectivity index (χ0) is 26.7. The van der Waals surface area contributed by atoms with Crippen molar-refractivity contribution in [3.8, 4) is 17.4 Å². The summed E-state index contributed by atoms with van der Waals surface area (Å²) < 4.78 is 48.9. The van der Waals surface area contributed by atoms with Gasteiger partial charge in [-0.25, -0.2) is 22.9 Å². The number of methoxy groups -OCH3 is 1. The van der Waals surface area contributed by atoms with Crippen LogP contribution >= 0.6 is 0 Å². The number of carbonyl (C=O) groups is 1. The van der Waals surface area contributed by atoms with Gasteiger partial charge in [0.2, 0.25) is 15.9 Å². The van der Waals surface area contributed by atoms with Crippen LogP contribution in [0.25, 0.3) is 11.0 Å². The van der Waals surface area contributed by atoms with E-state index in [0.717, 1.165) is 22.9 Å². The van der Waals surface area contributed by atoms with Crippen LogP contribution in [0.3, 0.4) is 0 Å². The molecular formula is C26H30N4O7S. The molecule has 0 saturated carbocycles. The largest absolute Gasteiger partial charge is 0.486 e. The SMILES string of the molecule is COc1ccc2nccc(CCC(CCC3CN(c4ccc5c(c4)OCCO5)C(=O)O3)NS(C)(=O)=O)c2n1. The third-order valence-corrected chi connectivity index (χ3v) is 7.30. The van der Waals surface area contributed by atoms with Gasteiger partial charge in [0, 0.05) is 24.4 Å². The number of carbonyl (C=O) groups excluding carboxylic acids is 1. The van der Waals surface area contributed by atoms with E-state index in [1.54, 1.807) is 42.5 Å². The molecule has 0 bridgehead atoms. The summed E-state index contributed by atoms with van der Waals surface area (Å²) in [5, 5.41) is 0. The standard InChI is InChI=1S/C26H30N4O7S/c1-34-24-10-8-21-25(28-24)17(11-12-27-21)3-4-18(29-38(2,32)33)5-7-20-16-30(26(31)37-20)19-6-9-22-23(15-19)36-14-13-35-22/h6,8-12,15,18,20,29H,3-5,7,13-14,16H2,1-2H3. The predicted molar refractivity (Wildman–Crippen MR) is 140 cm³/mol. The lowest BCUT2D eigenvalue weighted by Gasteiger charge is -2.21. The summed E-state index contributed by atoms with van der Waals surface area (Å²) in [5.74, 6) is 1.73. The highest BCUT2D eigenvalue weighted by Gasteiger charge is 2.33. The Balaban J connectivity index is 1.24. The molecule has 2 unspecified atom stereocenters. The van der Waals surface area contributed by atoms with Gasteiger partial charge in [0.05, 0.1) is 36.6 Å². The number of ether oxygens (including phenoxy) is 4. The normalized spacial score (nSPS) is 17.9. The number of fused-ring (bicyclic) bond motifs is 2. The number of aromatic nitrogens is 2. The number of hydrogen-bond acceptors (Lipinski definition) is 9. The van der Waals surface area contributed by atoms with Crippen LogP contribution in [0.5, 0.6) is 17.4 Å². The third-order valence-electron chi connectivity index (χ3n) is 6.54. The Hall–Kier alpha value is -3.64. The Labute approximate surface area is 221 Å². The summed E-state index contributed by atoms with van der Waals surface area (Å²) in [6.07, 6.45) is 4.18. The lowest BCUT2D eigenvalue weighted by atomic mass is 10.0. The number of nitrogens with one attached hydrogen (secondary N) is 1. The van der Waals surface area contributed by atoms with Crippen molar-refractivity contribution >= 4 is 32.8 Å². The molecule has 3 aromatic rings. The number of nitrogens with zero attached hydrogens (tertiary/aromatic N) is 3. The van der Waals surface area contributed by atoms with Crippen molar-refractivity contribution in [3.63, 3.8) is 0 Å². The number of hydrogen-bond donors (Lipinski definition) is 1. The molecule has 11 nitrogen and oxygen atoms in total. The Kier molecular flexibility index (Phi) is 7.52. The van der Waals surface area contributed by atoms with Crippen molar-refractivity contribution < 1.29 is 32.2 Å². The van der Waals surface area contributed by atoms with Gasteiger partial charge in [-0.05, 0) is 55.5 Å². The van der Waals surface area contributed by atoms with Gasteiger partial charge in [0.1, 0.15) is 19.3 Å². The molecule has 1 aromatic carbocycles. The van der Waals surface area contributed by atoms with Crippen molar-refractivity contribution in [3.05, 3.63) is 48.2 Å². The van der Waals surface area contributed by atoms with Crippen molar-refractivity contribution in [1.82, 2.24) is 14.7 Å². The molecule has 0 radical (unpaired) electrons. The molecule has 1 saturated heterocycles. The maximum Gasteiger partial charge on any atom is 0.414 e. The van der Waals surface area contributed by atoms with E-state index in [9.17, 15) is 13.2 Å². The Morgan fingerprint density at radius 3 is 2.74 bits per heavy atom. The average Bonchev–Trinajstić information content (AvgIpc) is 3.29. The summed E-state index contributed by atoms with van der Waals surface area (Å²) >= 11 is 0. The molecule has 2 aliphatic rings. The second kappa shape index (κ2) is 11.0. The molecule has 4 heterocycles. The molecule has 1 N–H and O–H groups in total. The van der Waals surface area contributed by atoms with Crippen LogP contribution in [0.15, 0.2) is 42.6 Å². The van der Waals surface area contributed by atoms with Gasteiger partial charge in [-0.2, -0.15) is 0 Å². The van der Waals surface area contributed by atoms with E-state index in [-0.39, 0.29) is 12.1 Å². The fraction of sp³-hybridized carbons (Fsp3) is 0.423. The molecule has 2 atom stereocenters. The number of amides is 1. The van der Waals surface area contributed by atoms with Gasteiger partial charge >= 0.3 is 6.09 Å². The first-order chi connectivity index (χ1) is 18.3. The molecule has 12 heteroatoms. The molecular weight excluding hydrogens is 512 g/mol. The quantitative estimate of drug-likeness (QED) is 0.411. The van der Waals surface area contributed by atoms with Crippen molar-refractivity contribution in [2.24, 2.45) is 0 Å². The lowest BCUT2D eigenvalue weighted by molar-refractivity contribution is 0.133. The molecule has 1 fully saturated rings. The maximum atomic E-state index is 12.6. The van der Waals surface area contributed by atoms with Gasteiger partial charge in [-0.15, -0.1) is 0 Å². The number of aryl methyl sites for hydroxylation is 1. The van der Waals surface area contributed by atoms with E-state index < -0.39 is 16.1 Å². The summed E-state index contributed by atoms with van der Waals surface area (Å²) in [4.78, 5) is 23.1. The number of cyclic esters (lactones) is 1. The van der Waals surface area contributed by atoms with Crippen molar-refractivity contribution in [2.75, 3.05) is 38.0 Å². The van der Waals surface area contributed by atoms with Crippen molar-refractivity contribution in [2.45, 2.75) is 37.8 Å². The minimum absolute atomic E-state index is 0.346. The van der Waals surface area contributed by atoms with Crippen LogP contribution < -0.4 is 23.8 Å². The smallest absolute Gasteiger partial charge is 0.414 e. The van der Waals surface area contributed by atoms with Crippen LogP contribution in [0.2, 0.25) is 0 Å². The summed E-state index contributed by atoms with van der Waals surface area (Å²) in [5.41, 5.74) is 3.09. The Morgan fingerprint density at radius 2 is 1.95 bits per heavy atom. The molecule has 0 aliphatic carbocycles. The minimum atomic E-state index is -3.44. The van der Waals surface area contributed by atoms with E-state index in [2.05, 4.69) is 14.7 Å². The van der Waals surface area contributed by atoms with Crippen LogP contribution in [-0.4, -0.2) is 69.7 Å². The van der Waals surface area contributed by atoms with Gasteiger partial charge in [0.25, 0.3) is 0 Å². The second-order valence-corrected chi connectivity index (χ2v) is 11.1. The maximum absolute atomic E-state index is 12.6. The van der Waals surface area contributed by atoms with Crippen LogP contribution in [0.4, 0.5) is 10.5 Å². The first-order valence-corrected chi connectivity index (χ1v) is 14.3. The van der Waals surface area contributed by atoms with Crippen molar-refractivity contribution in [1.29, 1.82) is 0 Å². The van der Waals surface area contributed by atoms with Crippen LogP contribution in [0.1, 0.15) is 24.8 Å². The molecule has 38 heavy (non-hydrogen) atoms. The van der Waals surface area contributed by atoms with E-state index in [1.807, 2.05) is 12.1 Å². The molecule has 2 aromatic heterocycles. The lowest BCUT2D eigenvalue weighted by Crippen LogP contribution is -2.35. The zero-order valence-electron chi connectivity index (χ0n) is 21.3. The molecule has 202 valence electrons. The molecule has 1 amide bonds. The number of sulfonamides is 1. The highest BCUT2D eigenvalue weighted by molar-refractivity contribution is 7.88. The first-order valence-electron chi connectivity index (χ1n) is 12.4. The zero-order valence-corrected chi connectivity index (χ0v) is 22.1. The highest BCUT2D eigenvalue weighted by atomic mass is 32.2. The van der Waals surface area contributed by atoms with E-state index in [1.165, 1.54) is 0 Å². The summed E-state index contributed by atoms with van der Waals surface area (Å²) in [6.45, 7) is 1.31. The Morgan fingerprint density at radius 1 is 1.13 bits per heavy atom. The fourth-order valence-electron chi connectivity index (χ4n) is 4.74. The number of pyridine rings is 2. The van der Waals surface area contributed by atoms with Crippen LogP contribution in [0, 0.1) is 0 Å². The molecule has 0 spiro atoms. The van der Waals surface area contributed by atoms with Gasteiger partial charge in [0.15, 0.2) is 11.5 Å². The highest BCUT2D eigenvalue weighted by Crippen LogP contribution is 2.35. The van der Waals surface area contributed by atoms with Gasteiger partial charge in [-0.1, -0.05) is 0 Å². The fourth-order valence-corrected chi connectivity index (χ4v) is 5.58. The number of benzene rings is 1. The second-order valence-electron chi connectivity index (χ2n) is 9.34. The molecule has 2 aliphatic heterocycles. The van der Waals surface area contributed by atoms with Gasteiger partial charge in [-0.3, -0.25) is 9.88 Å². The monoisotopic (exact) mass is 542 g/mol. The van der Waals surface area contributed by atoms with Gasteiger partial charge < -0.3 is 18.9 Å². The average molecular weight is 543 g/mol. The number of anilines is 1. The topological polar surface area (TPSA) is 129 Å². The summed E-state index contributed by atoms with van der Waals surface area (Å²) in [7, 11) is -1.89. The number of rotatable bonds is 10. The van der Waals surface area contributed by atoms with E-state index in [0.29, 0.717) is 68.5 Å². The predicted octanol–water partition coefficient (Wildman–Crippen LogP) is 3.07. The molecule has 5 rings (SSSR count). The van der Waals surface area contributed by atoms with E-state index in [4.69, 9.17) is 18.9 Å². The first kappa shape index (κ1) is 26.0. The minimum Gasteiger partial charge on any atom is -0.486 e. The third kappa shape index (κ3) is 6.08. The van der Waals surface area contributed by atoms with Crippen LogP contribution in [-0.2, 0) is 21.2 Å². The van der Waals surface area contributed by atoms with E-state index >= 15 is 0 Å².